The zero-order chi connectivity index (χ0) is 29.0. The Morgan fingerprint density at radius 2 is 1.25 bits per heavy atom. The van der Waals surface area contributed by atoms with E-state index >= 15 is 0 Å². The Morgan fingerprint density at radius 3 is 2.11 bits per heavy atom. The molecule has 8 aromatic rings. The molecule has 0 radical (unpaired) electrons. The minimum Gasteiger partial charge on any atom is -0.373 e. The molecule has 0 bridgehead atoms. The Balaban J connectivity index is 1.19. The molecule has 0 saturated carbocycles. The van der Waals surface area contributed by atoms with Crippen molar-refractivity contribution in [3.8, 4) is 11.1 Å². The highest BCUT2D eigenvalue weighted by Crippen LogP contribution is 2.44. The van der Waals surface area contributed by atoms with E-state index in [-0.39, 0.29) is 0 Å². The molecule has 9 rings (SSSR count). The summed E-state index contributed by atoms with van der Waals surface area (Å²) in [5.74, 6) is 0. The summed E-state index contributed by atoms with van der Waals surface area (Å²) < 4.78 is 1.30. The molecule has 0 atom stereocenters. The van der Waals surface area contributed by atoms with Gasteiger partial charge in [0.25, 0.3) is 0 Å². The lowest BCUT2D eigenvalue weighted by molar-refractivity contribution is 1.29. The van der Waals surface area contributed by atoms with Crippen molar-refractivity contribution in [2.45, 2.75) is 0 Å². The van der Waals surface area contributed by atoms with Gasteiger partial charge in [0.2, 0.25) is 0 Å². The number of nitrogens with zero attached hydrogens (tertiary/aromatic N) is 1. The summed E-state index contributed by atoms with van der Waals surface area (Å²) in [7, 11) is 0. The number of nitrogens with one attached hydrogen (secondary N) is 1. The second-order valence-corrected chi connectivity index (χ2v) is 12.4. The molecule has 0 fully saturated rings. The van der Waals surface area contributed by atoms with Crippen LogP contribution in [-0.2, 0) is 0 Å². The van der Waals surface area contributed by atoms with E-state index in [2.05, 4.69) is 162 Å². The molecular weight excluding hydrogens is 553 g/mol. The zero-order valence-corrected chi connectivity index (χ0v) is 24.8. The first-order valence-electron chi connectivity index (χ1n) is 15.1. The Labute approximate surface area is 260 Å². The van der Waals surface area contributed by atoms with Gasteiger partial charge in [0.05, 0.1) is 5.00 Å². The van der Waals surface area contributed by atoms with Crippen LogP contribution in [0, 0.1) is 0 Å². The lowest BCUT2D eigenvalue weighted by Crippen LogP contribution is -2.09. The first-order chi connectivity index (χ1) is 21.8. The van der Waals surface area contributed by atoms with Crippen LogP contribution in [-0.4, -0.2) is 6.54 Å². The van der Waals surface area contributed by atoms with E-state index in [1.807, 2.05) is 11.3 Å². The molecule has 44 heavy (non-hydrogen) atoms. The largest absolute Gasteiger partial charge is 0.373 e. The van der Waals surface area contributed by atoms with Crippen molar-refractivity contribution < 1.29 is 0 Å². The summed E-state index contributed by atoms with van der Waals surface area (Å²) in [5.41, 5.74) is 7.18. The molecule has 208 valence electrons. The molecule has 1 aromatic heterocycles. The van der Waals surface area contributed by atoms with Gasteiger partial charge in [0, 0.05) is 39.3 Å². The zero-order valence-electron chi connectivity index (χ0n) is 24.0. The van der Waals surface area contributed by atoms with E-state index in [0.717, 1.165) is 23.6 Å². The number of hydrogen-bond acceptors (Lipinski definition) is 3. The summed E-state index contributed by atoms with van der Waals surface area (Å²) in [5, 5.41) is 13.8. The molecule has 0 aliphatic carbocycles. The first kappa shape index (κ1) is 25.1. The molecule has 2 nitrogen and oxygen atoms in total. The van der Waals surface area contributed by atoms with Gasteiger partial charge in [0.15, 0.2) is 0 Å². The van der Waals surface area contributed by atoms with Crippen LogP contribution < -0.4 is 10.2 Å². The predicted octanol–water partition coefficient (Wildman–Crippen LogP) is 11.9. The second kappa shape index (κ2) is 10.1. The molecule has 0 unspecified atom stereocenters. The summed E-state index contributed by atoms with van der Waals surface area (Å²) in [6, 6.07) is 51.0. The van der Waals surface area contributed by atoms with Crippen LogP contribution in [0.4, 0.5) is 22.1 Å². The smallest absolute Gasteiger partial charge is 0.0971 e. The highest BCUT2D eigenvalue weighted by Gasteiger charge is 2.18. The van der Waals surface area contributed by atoms with E-state index in [1.54, 1.807) is 0 Å². The van der Waals surface area contributed by atoms with Gasteiger partial charge in [-0.05, 0) is 92.0 Å². The third-order valence-corrected chi connectivity index (χ3v) is 9.98. The maximum Gasteiger partial charge on any atom is 0.0971 e. The van der Waals surface area contributed by atoms with Crippen molar-refractivity contribution in [3.63, 3.8) is 0 Å². The summed E-state index contributed by atoms with van der Waals surface area (Å²) in [6.45, 7) is 0.887. The van der Waals surface area contributed by atoms with Gasteiger partial charge in [-0.2, -0.15) is 0 Å². The van der Waals surface area contributed by atoms with Crippen molar-refractivity contribution in [1.29, 1.82) is 0 Å². The fraction of sp³-hybridized carbons (Fsp3) is 0.0244. The number of para-hydroxylation sites is 1. The molecule has 7 aromatic carbocycles. The highest BCUT2D eigenvalue weighted by molar-refractivity contribution is 7.23. The number of hydrogen-bond donors (Lipinski definition) is 1. The Hall–Kier alpha value is -5.38. The minimum atomic E-state index is 0.887. The van der Waals surface area contributed by atoms with Crippen LogP contribution in [0.5, 0.6) is 0 Å². The van der Waals surface area contributed by atoms with Crippen LogP contribution in [0.3, 0.4) is 0 Å². The van der Waals surface area contributed by atoms with E-state index in [1.165, 1.54) is 64.1 Å². The van der Waals surface area contributed by atoms with Gasteiger partial charge in [-0.3, -0.25) is 0 Å². The lowest BCUT2D eigenvalue weighted by Gasteiger charge is -2.26. The van der Waals surface area contributed by atoms with E-state index < -0.39 is 0 Å². The van der Waals surface area contributed by atoms with Crippen LogP contribution in [0.2, 0.25) is 0 Å². The quantitative estimate of drug-likeness (QED) is 0.208. The summed E-state index contributed by atoms with van der Waals surface area (Å²) >= 11 is 1.83. The normalized spacial score (nSPS) is 12.5. The summed E-state index contributed by atoms with van der Waals surface area (Å²) in [4.78, 5) is 2.36. The SMILES string of the molecule is C1=Cc2c(sc3ccc(N(c4ccccc4)c4ccc(-c5cc6ccc7ccccc7c6c6ccccc56)cc4)cc23)NC1. The van der Waals surface area contributed by atoms with Crippen LogP contribution in [0.25, 0.3) is 59.6 Å². The second-order valence-electron chi connectivity index (χ2n) is 11.4. The van der Waals surface area contributed by atoms with Gasteiger partial charge in [-0.25, -0.2) is 0 Å². The molecular formula is C41H28N2S. The van der Waals surface area contributed by atoms with Crippen molar-refractivity contribution in [2.24, 2.45) is 0 Å². The van der Waals surface area contributed by atoms with Crippen molar-refractivity contribution in [2.75, 3.05) is 16.8 Å². The number of benzene rings is 7. The topological polar surface area (TPSA) is 15.3 Å². The van der Waals surface area contributed by atoms with Crippen LogP contribution >= 0.6 is 11.3 Å². The Morgan fingerprint density at radius 1 is 0.545 bits per heavy atom. The van der Waals surface area contributed by atoms with Gasteiger partial charge >= 0.3 is 0 Å². The van der Waals surface area contributed by atoms with Crippen molar-refractivity contribution >= 4 is 81.9 Å². The van der Waals surface area contributed by atoms with E-state index in [9.17, 15) is 0 Å². The van der Waals surface area contributed by atoms with Crippen LogP contribution in [0.15, 0.2) is 146 Å². The molecule has 2 heterocycles. The maximum atomic E-state index is 3.54. The third-order valence-electron chi connectivity index (χ3n) is 8.83. The summed E-state index contributed by atoms with van der Waals surface area (Å²) in [6.07, 6.45) is 4.46. The van der Waals surface area contributed by atoms with Gasteiger partial charge < -0.3 is 10.2 Å². The molecule has 1 aliphatic heterocycles. The number of anilines is 4. The fourth-order valence-corrected chi connectivity index (χ4v) is 7.88. The Kier molecular flexibility index (Phi) is 5.78. The molecule has 0 saturated heterocycles. The van der Waals surface area contributed by atoms with Gasteiger partial charge in [-0.15, -0.1) is 11.3 Å². The molecule has 1 N–H and O–H groups in total. The van der Waals surface area contributed by atoms with E-state index in [4.69, 9.17) is 0 Å². The van der Waals surface area contributed by atoms with Crippen LogP contribution in [0.1, 0.15) is 5.56 Å². The molecule has 0 spiro atoms. The average Bonchev–Trinajstić information content (AvgIpc) is 3.47. The van der Waals surface area contributed by atoms with Crippen molar-refractivity contribution in [3.05, 3.63) is 151 Å². The van der Waals surface area contributed by atoms with Crippen molar-refractivity contribution in [1.82, 2.24) is 0 Å². The average molecular weight is 581 g/mol. The number of rotatable bonds is 4. The molecule has 1 aliphatic rings. The standard InChI is InChI=1S/C41H28N2S/c1-2-10-30(11-3-1)43(32-22-23-39-38(26-32)36-15-8-24-42-41(36)44-39)31-20-18-28(19-21-31)37-25-29-17-16-27-9-4-5-12-33(27)40(29)35-14-7-6-13-34(35)37/h1-23,25-26,42H,24H2. The fourth-order valence-electron chi connectivity index (χ4n) is 6.80. The lowest BCUT2D eigenvalue weighted by atomic mass is 9.91. The van der Waals surface area contributed by atoms with Gasteiger partial charge in [0.1, 0.15) is 0 Å². The van der Waals surface area contributed by atoms with E-state index in [0.29, 0.717) is 0 Å². The maximum absolute atomic E-state index is 3.54. The van der Waals surface area contributed by atoms with Gasteiger partial charge in [-0.1, -0.05) is 103 Å². The Bertz CT molecular complexity index is 2380. The monoisotopic (exact) mass is 580 g/mol. The first-order valence-corrected chi connectivity index (χ1v) is 15.9. The predicted molar refractivity (Wildman–Crippen MR) is 192 cm³/mol. The minimum absolute atomic E-state index is 0.887. The molecule has 0 amide bonds. The number of fused-ring (bicyclic) bond motifs is 8. The highest BCUT2D eigenvalue weighted by atomic mass is 32.1. The molecule has 3 heteroatoms. The third kappa shape index (κ3) is 4.01. The number of thiophene rings is 1.